The van der Waals surface area contributed by atoms with Crippen molar-refractivity contribution in [2.45, 2.75) is 19.8 Å². The van der Waals surface area contributed by atoms with Crippen molar-refractivity contribution in [3.8, 4) is 0 Å². The lowest BCUT2D eigenvalue weighted by molar-refractivity contribution is 0.902. The third-order valence-electron chi connectivity index (χ3n) is 2.48. The number of aliphatic imine (C=N–C) groups is 1. The summed E-state index contributed by atoms with van der Waals surface area (Å²) >= 11 is 0. The second-order valence-electron chi connectivity index (χ2n) is 4.79. The zero-order valence-corrected chi connectivity index (χ0v) is 11.6. The summed E-state index contributed by atoms with van der Waals surface area (Å²) in [6.07, 6.45) is 9.58. The lowest BCUT2D eigenvalue weighted by Crippen LogP contribution is -2.11. The molecule has 1 N–H and O–H groups in total. The summed E-state index contributed by atoms with van der Waals surface area (Å²) in [5.74, 6) is 0. The van der Waals surface area contributed by atoms with Crippen molar-refractivity contribution in [2.24, 2.45) is 10.1 Å². The summed E-state index contributed by atoms with van der Waals surface area (Å²) in [5.41, 5.74) is 6.07. The maximum Gasteiger partial charge on any atom is 0.0789 e. The molecule has 1 heterocycles. The Labute approximate surface area is 98.7 Å². The van der Waals surface area contributed by atoms with Crippen LogP contribution in [0.15, 0.2) is 21.9 Å². The molecular weight excluding hydrogens is 217 g/mol. The molecule has 0 aromatic carbocycles. The van der Waals surface area contributed by atoms with E-state index in [1.807, 2.05) is 14.0 Å². The maximum atomic E-state index is 4.61. The van der Waals surface area contributed by atoms with Gasteiger partial charge in [-0.1, -0.05) is 6.08 Å². The Hall–Kier alpha value is -0.820. The topological polar surface area (TPSA) is 36.8 Å². The van der Waals surface area contributed by atoms with Crippen molar-refractivity contribution in [1.82, 2.24) is 5.43 Å². The highest BCUT2D eigenvalue weighted by Gasteiger charge is 2.12. The van der Waals surface area contributed by atoms with E-state index in [0.717, 1.165) is 24.3 Å². The lowest BCUT2D eigenvalue weighted by Gasteiger charge is -2.10. The van der Waals surface area contributed by atoms with Crippen LogP contribution in [-0.4, -0.2) is 44.3 Å². The second kappa shape index (κ2) is 5.49. The summed E-state index contributed by atoms with van der Waals surface area (Å²) in [7, 11) is 1.81. The zero-order valence-electron chi connectivity index (χ0n) is 10.7. The van der Waals surface area contributed by atoms with E-state index in [1.165, 1.54) is 11.9 Å². The predicted octanol–water partition coefficient (Wildman–Crippen LogP) is 2.41. The zero-order chi connectivity index (χ0) is 12.2. The Kier molecular flexibility index (Phi) is 4.55. The Morgan fingerprint density at radius 2 is 2.31 bits per heavy atom. The minimum absolute atomic E-state index is 0.919. The summed E-state index contributed by atoms with van der Waals surface area (Å²) in [6, 6.07) is 0. The summed E-state index contributed by atoms with van der Waals surface area (Å²) in [6.45, 7) is 5.59. The van der Waals surface area contributed by atoms with Crippen LogP contribution in [0.1, 0.15) is 19.8 Å². The van der Waals surface area contributed by atoms with Gasteiger partial charge < -0.3 is 5.43 Å². The fourth-order valence-corrected chi connectivity index (χ4v) is 2.35. The molecule has 0 saturated heterocycles. The van der Waals surface area contributed by atoms with Gasteiger partial charge in [0, 0.05) is 19.2 Å². The highest BCUT2D eigenvalue weighted by Crippen LogP contribution is 2.37. The number of hydrogen-bond donors (Lipinski definition) is 1. The number of hydrogen-bond acceptors (Lipinski definition) is 3. The smallest absolute Gasteiger partial charge is 0.0789 e. The Morgan fingerprint density at radius 3 is 2.88 bits per heavy atom. The number of hydrazone groups is 1. The molecule has 1 aliphatic heterocycles. The van der Waals surface area contributed by atoms with Gasteiger partial charge in [-0.05, 0) is 32.8 Å². The van der Waals surface area contributed by atoms with Crippen molar-refractivity contribution < 1.29 is 0 Å². The molecule has 0 amide bonds. The van der Waals surface area contributed by atoms with E-state index in [-0.39, 0.29) is 0 Å². The molecule has 0 aliphatic carbocycles. The van der Waals surface area contributed by atoms with E-state index >= 15 is 0 Å². The van der Waals surface area contributed by atoms with E-state index in [1.54, 1.807) is 0 Å². The summed E-state index contributed by atoms with van der Waals surface area (Å²) in [5, 5.41) is 4.15. The molecule has 0 spiro atoms. The highest BCUT2D eigenvalue weighted by atomic mass is 31.2. The summed E-state index contributed by atoms with van der Waals surface area (Å²) in [4.78, 5) is 4.61. The highest BCUT2D eigenvalue weighted by molar-refractivity contribution is 7.72. The standard InChI is InChI=1S/C12H22N3P/c1-10(15-13-2)12-7-6-11(14-12)8-9-16(3,4)5/h6,13H,3,7-9H2,1-2,4-5H3/b15-10+. The SMILES string of the molecule is C=P(C)(C)CCC1=CCC(/C(C)=N/NC)=N1. The molecule has 0 atom stereocenters. The number of nitrogens with zero attached hydrogens (tertiary/aromatic N) is 2. The first-order valence-corrected chi connectivity index (χ1v) is 8.63. The van der Waals surface area contributed by atoms with Gasteiger partial charge in [0.2, 0.25) is 0 Å². The quantitative estimate of drug-likeness (QED) is 0.446. The Morgan fingerprint density at radius 1 is 1.62 bits per heavy atom. The number of allylic oxidation sites excluding steroid dienone is 2. The molecule has 0 unspecified atom stereocenters. The molecule has 0 bridgehead atoms. The molecule has 1 aliphatic rings. The molecule has 90 valence electrons. The third-order valence-corrected chi connectivity index (χ3v) is 3.91. The number of rotatable bonds is 5. The molecule has 0 aromatic rings. The predicted molar refractivity (Wildman–Crippen MR) is 77.7 cm³/mol. The van der Waals surface area contributed by atoms with Crippen LogP contribution in [-0.2, 0) is 0 Å². The molecular formula is C12H22N3P. The van der Waals surface area contributed by atoms with Gasteiger partial charge in [-0.25, -0.2) is 0 Å². The van der Waals surface area contributed by atoms with Gasteiger partial charge in [-0.3, -0.25) is 4.99 Å². The van der Waals surface area contributed by atoms with Gasteiger partial charge in [-0.2, -0.15) is 5.10 Å². The van der Waals surface area contributed by atoms with Gasteiger partial charge in [0.05, 0.1) is 11.4 Å². The van der Waals surface area contributed by atoms with Gasteiger partial charge in [-0.15, -0.1) is 13.2 Å². The van der Waals surface area contributed by atoms with Crippen molar-refractivity contribution in [1.29, 1.82) is 0 Å². The molecule has 16 heavy (non-hydrogen) atoms. The van der Waals surface area contributed by atoms with E-state index < -0.39 is 6.89 Å². The van der Waals surface area contributed by atoms with Crippen LogP contribution in [0.4, 0.5) is 0 Å². The Bertz CT molecular complexity index is 385. The molecule has 0 fully saturated rings. The molecule has 0 saturated carbocycles. The monoisotopic (exact) mass is 239 g/mol. The van der Waals surface area contributed by atoms with Crippen LogP contribution >= 0.6 is 6.89 Å². The van der Waals surface area contributed by atoms with Crippen molar-refractivity contribution in [2.75, 3.05) is 26.5 Å². The van der Waals surface area contributed by atoms with Crippen LogP contribution in [0.5, 0.6) is 0 Å². The fraction of sp³-hybridized carbons (Fsp3) is 0.583. The molecule has 0 radical (unpaired) electrons. The van der Waals surface area contributed by atoms with Gasteiger partial charge in [0.25, 0.3) is 0 Å². The van der Waals surface area contributed by atoms with Gasteiger partial charge >= 0.3 is 0 Å². The van der Waals surface area contributed by atoms with E-state index in [2.05, 4.69) is 41.2 Å². The van der Waals surface area contributed by atoms with Crippen molar-refractivity contribution in [3.63, 3.8) is 0 Å². The third kappa shape index (κ3) is 4.36. The first-order valence-electron chi connectivity index (χ1n) is 5.58. The lowest BCUT2D eigenvalue weighted by atomic mass is 10.2. The first kappa shape index (κ1) is 13.2. The van der Waals surface area contributed by atoms with Crippen LogP contribution in [0, 0.1) is 0 Å². The molecule has 4 heteroatoms. The first-order chi connectivity index (χ1) is 7.42. The van der Waals surface area contributed by atoms with Gasteiger partial charge in [0.1, 0.15) is 0 Å². The van der Waals surface area contributed by atoms with Crippen LogP contribution in [0.2, 0.25) is 0 Å². The van der Waals surface area contributed by atoms with E-state index in [0.29, 0.717) is 0 Å². The van der Waals surface area contributed by atoms with E-state index in [4.69, 9.17) is 0 Å². The summed E-state index contributed by atoms with van der Waals surface area (Å²) < 4.78 is 0. The molecule has 3 nitrogen and oxygen atoms in total. The molecule has 1 rings (SSSR count). The minimum Gasteiger partial charge on any atom is -0.313 e. The average molecular weight is 239 g/mol. The van der Waals surface area contributed by atoms with Crippen LogP contribution in [0.25, 0.3) is 0 Å². The van der Waals surface area contributed by atoms with Crippen LogP contribution < -0.4 is 5.43 Å². The largest absolute Gasteiger partial charge is 0.313 e. The molecule has 0 aromatic heterocycles. The maximum absolute atomic E-state index is 4.61. The van der Waals surface area contributed by atoms with Crippen LogP contribution in [0.3, 0.4) is 0 Å². The normalized spacial score (nSPS) is 17.1. The van der Waals surface area contributed by atoms with E-state index in [9.17, 15) is 0 Å². The average Bonchev–Trinajstić information content (AvgIpc) is 2.62. The minimum atomic E-state index is -0.927. The van der Waals surface area contributed by atoms with Gasteiger partial charge in [0.15, 0.2) is 0 Å². The Balaban J connectivity index is 2.55. The number of nitrogens with one attached hydrogen (secondary N) is 1. The van der Waals surface area contributed by atoms with Crippen molar-refractivity contribution in [3.05, 3.63) is 11.8 Å². The second-order valence-corrected chi connectivity index (χ2v) is 9.11. The van der Waals surface area contributed by atoms with Crippen molar-refractivity contribution >= 4 is 24.6 Å². The fourth-order valence-electron chi connectivity index (χ4n) is 1.52.